The van der Waals surface area contributed by atoms with E-state index in [9.17, 15) is 9.59 Å². The number of carbonyl (C=O) groups is 2. The van der Waals surface area contributed by atoms with Gasteiger partial charge in [0.1, 0.15) is 25.3 Å². The van der Waals surface area contributed by atoms with Crippen LogP contribution in [0.4, 0.5) is 0 Å². The highest BCUT2D eigenvalue weighted by molar-refractivity contribution is 5.97. The van der Waals surface area contributed by atoms with Crippen molar-refractivity contribution in [2.45, 2.75) is 97.6 Å². The monoisotopic (exact) mass is 465 g/mol. The number of rotatable bonds is 7. The fourth-order valence-electron chi connectivity index (χ4n) is 7.84. The van der Waals surface area contributed by atoms with E-state index in [0.717, 1.165) is 56.9 Å². The van der Waals surface area contributed by atoms with E-state index in [1.807, 2.05) is 0 Å². The minimum Gasteiger partial charge on any atom is -0.462 e. The minimum absolute atomic E-state index is 0.0294. The third kappa shape index (κ3) is 3.97. The summed E-state index contributed by atoms with van der Waals surface area (Å²) in [5, 5.41) is 4.13. The first kappa shape index (κ1) is 23.5. The summed E-state index contributed by atoms with van der Waals surface area (Å²) < 4.78 is 7.49. The first-order valence-corrected chi connectivity index (χ1v) is 13.3. The summed E-state index contributed by atoms with van der Waals surface area (Å²) in [5.41, 5.74) is 2.70. The largest absolute Gasteiger partial charge is 0.462 e. The molecule has 0 bridgehead atoms. The molecule has 0 radical (unpaired) electrons. The zero-order chi connectivity index (χ0) is 23.9. The number of hydrogen-bond acceptors (Lipinski definition) is 5. The molecule has 6 nitrogen and oxygen atoms in total. The lowest BCUT2D eigenvalue weighted by molar-refractivity contribution is -0.151. The lowest BCUT2D eigenvalue weighted by Crippen LogP contribution is -2.50. The van der Waals surface area contributed by atoms with Crippen molar-refractivity contribution in [1.29, 1.82) is 0 Å². The fourth-order valence-corrected chi connectivity index (χ4v) is 7.84. The second kappa shape index (κ2) is 9.09. The van der Waals surface area contributed by atoms with Crippen molar-refractivity contribution in [2.75, 3.05) is 0 Å². The summed E-state index contributed by atoms with van der Waals surface area (Å²) in [6.45, 7) is 7.18. The van der Waals surface area contributed by atoms with Crippen LogP contribution in [0.1, 0.15) is 85.0 Å². The number of hydrogen-bond donors (Lipinski definition) is 0. The summed E-state index contributed by atoms with van der Waals surface area (Å²) in [5.74, 6) is 1.96. The van der Waals surface area contributed by atoms with E-state index in [-0.39, 0.29) is 35.2 Å². The van der Waals surface area contributed by atoms with Crippen molar-refractivity contribution in [3.63, 3.8) is 0 Å². The van der Waals surface area contributed by atoms with Gasteiger partial charge in [0.2, 0.25) is 0 Å². The van der Waals surface area contributed by atoms with E-state index in [1.54, 1.807) is 11.0 Å². The standard InChI is InChI=1S/C28H39N3O3/c1-4-5-6-26(33)34-20-11-13-27(2)19(15-20)7-8-21-22-9-10-24(28(22,3)14-12-23(21)27)25(32)16-31-18-29-17-30-31/h7,10,17-18,20-23H,4-6,8-9,11-16H2,1-3H3/t20-,21-,22-,23-,27-,28-/m0/s1. The molecule has 0 spiro atoms. The highest BCUT2D eigenvalue weighted by Gasteiger charge is 2.57. The number of fused-ring (bicyclic) bond motifs is 5. The lowest BCUT2D eigenvalue weighted by Gasteiger charge is -2.57. The van der Waals surface area contributed by atoms with Gasteiger partial charge >= 0.3 is 5.97 Å². The molecule has 6 atom stereocenters. The van der Waals surface area contributed by atoms with Gasteiger partial charge in [0, 0.05) is 12.8 Å². The molecule has 0 unspecified atom stereocenters. The van der Waals surface area contributed by atoms with Gasteiger partial charge in [-0.3, -0.25) is 9.59 Å². The van der Waals surface area contributed by atoms with E-state index in [4.69, 9.17) is 4.74 Å². The summed E-state index contributed by atoms with van der Waals surface area (Å²) in [6, 6.07) is 0. The van der Waals surface area contributed by atoms with Crippen LogP contribution in [-0.2, 0) is 20.9 Å². The smallest absolute Gasteiger partial charge is 0.306 e. The molecule has 4 aliphatic carbocycles. The van der Waals surface area contributed by atoms with Gasteiger partial charge in [-0.05, 0) is 79.1 Å². The number of ketones is 1. The van der Waals surface area contributed by atoms with Gasteiger partial charge in [-0.2, -0.15) is 5.10 Å². The second-order valence-electron chi connectivity index (χ2n) is 11.5. The Balaban J connectivity index is 1.28. The number of esters is 1. The third-order valence-corrected chi connectivity index (χ3v) is 9.74. The molecule has 1 aromatic rings. The van der Waals surface area contributed by atoms with Gasteiger partial charge in [0.05, 0.1) is 0 Å². The number of carbonyl (C=O) groups excluding carboxylic acids is 2. The molecule has 4 aliphatic rings. The Morgan fingerprint density at radius 2 is 1.94 bits per heavy atom. The molecule has 2 saturated carbocycles. The van der Waals surface area contributed by atoms with E-state index >= 15 is 0 Å². The molecule has 1 heterocycles. The van der Waals surface area contributed by atoms with Crippen LogP contribution < -0.4 is 0 Å². The topological polar surface area (TPSA) is 74.1 Å². The van der Waals surface area contributed by atoms with Gasteiger partial charge in [-0.25, -0.2) is 9.67 Å². The molecule has 0 N–H and O–H groups in total. The van der Waals surface area contributed by atoms with Crippen LogP contribution in [0.25, 0.3) is 0 Å². The highest BCUT2D eigenvalue weighted by Crippen LogP contribution is 2.65. The van der Waals surface area contributed by atoms with Crippen molar-refractivity contribution >= 4 is 11.8 Å². The van der Waals surface area contributed by atoms with Crippen LogP contribution >= 0.6 is 0 Å². The lowest BCUT2D eigenvalue weighted by atomic mass is 9.47. The van der Waals surface area contributed by atoms with E-state index in [2.05, 4.69) is 43.0 Å². The van der Waals surface area contributed by atoms with Gasteiger partial charge in [0.25, 0.3) is 0 Å². The van der Waals surface area contributed by atoms with E-state index in [1.165, 1.54) is 18.3 Å². The van der Waals surface area contributed by atoms with E-state index < -0.39 is 0 Å². The molecule has 184 valence electrons. The van der Waals surface area contributed by atoms with Gasteiger partial charge in [-0.1, -0.05) is 44.9 Å². The first-order chi connectivity index (χ1) is 16.3. The van der Waals surface area contributed by atoms with E-state index in [0.29, 0.717) is 24.2 Å². The van der Waals surface area contributed by atoms with Crippen LogP contribution in [0.15, 0.2) is 36.0 Å². The molecule has 34 heavy (non-hydrogen) atoms. The number of ether oxygens (including phenoxy) is 1. The molecule has 0 aromatic carbocycles. The Morgan fingerprint density at radius 3 is 2.71 bits per heavy atom. The SMILES string of the molecule is CCCCC(=O)O[C@H]1CC[C@@]2(C)C(=CC[C@@H]3[C@@H]2CC[C@]2(C)C(C(=O)Cn4cncn4)=CC[C@@H]32)C1. The maximum absolute atomic E-state index is 13.2. The van der Waals surface area contributed by atoms with Gasteiger partial charge < -0.3 is 4.74 Å². The molecule has 5 rings (SSSR count). The van der Waals surface area contributed by atoms with Crippen LogP contribution in [0.5, 0.6) is 0 Å². The number of allylic oxidation sites excluding steroid dienone is 3. The molecule has 0 amide bonds. The first-order valence-electron chi connectivity index (χ1n) is 13.3. The number of Topliss-reactive ketones (excluding diaryl/α,β-unsaturated/α-hetero) is 1. The Labute approximate surface area is 203 Å². The van der Waals surface area contributed by atoms with Crippen molar-refractivity contribution in [3.8, 4) is 0 Å². The normalized spacial score (nSPS) is 36.6. The number of nitrogens with zero attached hydrogens (tertiary/aromatic N) is 3. The summed E-state index contributed by atoms with van der Waals surface area (Å²) in [6.07, 6.45) is 17.6. The Morgan fingerprint density at radius 1 is 1.12 bits per heavy atom. The summed E-state index contributed by atoms with van der Waals surface area (Å²) in [4.78, 5) is 29.4. The molecule has 0 saturated heterocycles. The van der Waals surface area contributed by atoms with Crippen molar-refractivity contribution in [2.24, 2.45) is 28.6 Å². The maximum Gasteiger partial charge on any atom is 0.306 e. The molecular weight excluding hydrogens is 426 g/mol. The molecule has 2 fully saturated rings. The highest BCUT2D eigenvalue weighted by atomic mass is 16.5. The van der Waals surface area contributed by atoms with Crippen LogP contribution in [-0.4, -0.2) is 32.6 Å². The molecule has 1 aromatic heterocycles. The van der Waals surface area contributed by atoms with Gasteiger partial charge in [-0.15, -0.1) is 0 Å². The molecule has 6 heteroatoms. The predicted octanol–water partition coefficient (Wildman–Crippen LogP) is 5.45. The third-order valence-electron chi connectivity index (χ3n) is 9.74. The fraction of sp³-hybridized carbons (Fsp3) is 0.714. The van der Waals surface area contributed by atoms with Gasteiger partial charge in [0.15, 0.2) is 5.78 Å². The average molecular weight is 466 g/mol. The van der Waals surface area contributed by atoms with Crippen LogP contribution in [0.2, 0.25) is 0 Å². The zero-order valence-corrected chi connectivity index (χ0v) is 21.0. The van der Waals surface area contributed by atoms with Crippen LogP contribution in [0, 0.1) is 28.6 Å². The Bertz CT molecular complexity index is 997. The molecule has 0 aliphatic heterocycles. The van der Waals surface area contributed by atoms with Crippen LogP contribution in [0.3, 0.4) is 0 Å². The maximum atomic E-state index is 13.2. The zero-order valence-electron chi connectivity index (χ0n) is 21.0. The quantitative estimate of drug-likeness (QED) is 0.395. The Kier molecular flexibility index (Phi) is 6.28. The Hall–Kier alpha value is -2.24. The predicted molar refractivity (Wildman–Crippen MR) is 130 cm³/mol. The number of unbranched alkanes of at least 4 members (excludes halogenated alkanes) is 1. The van der Waals surface area contributed by atoms with Crippen molar-refractivity contribution < 1.29 is 14.3 Å². The summed E-state index contributed by atoms with van der Waals surface area (Å²) >= 11 is 0. The minimum atomic E-state index is -0.0352. The number of aromatic nitrogens is 3. The van der Waals surface area contributed by atoms with Crippen molar-refractivity contribution in [3.05, 3.63) is 36.0 Å². The summed E-state index contributed by atoms with van der Waals surface area (Å²) in [7, 11) is 0. The van der Waals surface area contributed by atoms with Crippen molar-refractivity contribution in [1.82, 2.24) is 14.8 Å². The molecular formula is C28H39N3O3. The second-order valence-corrected chi connectivity index (χ2v) is 11.5. The average Bonchev–Trinajstić information content (AvgIpc) is 3.45.